The van der Waals surface area contributed by atoms with E-state index in [1.807, 2.05) is 18.2 Å². The summed E-state index contributed by atoms with van der Waals surface area (Å²) in [7, 11) is 0. The Morgan fingerprint density at radius 1 is 1.00 bits per heavy atom. The Balaban J connectivity index is 2.04. The van der Waals surface area contributed by atoms with Crippen molar-refractivity contribution in [1.82, 2.24) is 5.01 Å². The third kappa shape index (κ3) is 2.29. The first-order valence-electron chi connectivity index (χ1n) is 6.49. The van der Waals surface area contributed by atoms with Gasteiger partial charge in [-0.25, -0.2) is 5.01 Å². The molecule has 2 aromatic rings. The highest BCUT2D eigenvalue weighted by Gasteiger charge is 2.34. The number of carbonyl (C=O) groups excluding carboxylic acids is 2. The molecule has 0 bridgehead atoms. The predicted octanol–water partition coefficient (Wildman–Crippen LogP) is 1.70. The lowest BCUT2D eigenvalue weighted by molar-refractivity contribution is -0.122. The topological polar surface area (TPSA) is 75.8 Å². The van der Waals surface area contributed by atoms with Gasteiger partial charge in [-0.05, 0) is 17.7 Å². The average molecular weight is 279 g/mol. The molecule has 0 fully saturated rings. The zero-order chi connectivity index (χ0) is 14.8. The third-order valence-electron chi connectivity index (χ3n) is 3.35. The lowest BCUT2D eigenvalue weighted by atomic mass is 9.98. The number of carbonyl (C=O) groups is 2. The van der Waals surface area contributed by atoms with E-state index in [1.54, 1.807) is 42.6 Å². The van der Waals surface area contributed by atoms with Gasteiger partial charge in [-0.2, -0.15) is 5.10 Å². The first kappa shape index (κ1) is 13.1. The summed E-state index contributed by atoms with van der Waals surface area (Å²) in [6.45, 7) is 0. The van der Waals surface area contributed by atoms with Gasteiger partial charge >= 0.3 is 0 Å². The molecule has 0 aliphatic carbocycles. The second kappa shape index (κ2) is 5.20. The smallest absolute Gasteiger partial charge is 0.275 e. The number of fused-ring (bicyclic) bond motifs is 1. The van der Waals surface area contributed by atoms with Crippen molar-refractivity contribution in [3.63, 3.8) is 0 Å². The minimum Gasteiger partial charge on any atom is -0.368 e. The molecule has 2 aromatic carbocycles. The van der Waals surface area contributed by atoms with Crippen LogP contribution in [0.4, 0.5) is 0 Å². The van der Waals surface area contributed by atoms with Crippen molar-refractivity contribution in [2.45, 2.75) is 6.04 Å². The number of hydrazone groups is 1. The summed E-state index contributed by atoms with van der Waals surface area (Å²) in [6, 6.07) is 15.1. The van der Waals surface area contributed by atoms with Crippen LogP contribution in [0.25, 0.3) is 0 Å². The van der Waals surface area contributed by atoms with Crippen LogP contribution in [0.5, 0.6) is 0 Å². The number of hydrogen-bond donors (Lipinski definition) is 1. The SMILES string of the molecule is NC(=O)C1c2ccccc2C=NN1C(=O)c1ccccc1. The number of nitrogens with zero attached hydrogens (tertiary/aromatic N) is 2. The van der Waals surface area contributed by atoms with Gasteiger partial charge in [0.2, 0.25) is 5.91 Å². The largest absolute Gasteiger partial charge is 0.368 e. The van der Waals surface area contributed by atoms with Gasteiger partial charge in [0.05, 0.1) is 6.21 Å². The summed E-state index contributed by atoms with van der Waals surface area (Å²) in [6.07, 6.45) is 1.57. The second-order valence-corrected chi connectivity index (χ2v) is 4.69. The van der Waals surface area contributed by atoms with Gasteiger partial charge in [-0.15, -0.1) is 0 Å². The predicted molar refractivity (Wildman–Crippen MR) is 78.6 cm³/mol. The van der Waals surface area contributed by atoms with Gasteiger partial charge in [-0.1, -0.05) is 42.5 Å². The zero-order valence-corrected chi connectivity index (χ0v) is 11.1. The zero-order valence-electron chi connectivity index (χ0n) is 11.1. The maximum atomic E-state index is 12.5. The van der Waals surface area contributed by atoms with Crippen LogP contribution in [0.15, 0.2) is 59.7 Å². The van der Waals surface area contributed by atoms with Crippen molar-refractivity contribution < 1.29 is 9.59 Å². The van der Waals surface area contributed by atoms with E-state index in [-0.39, 0.29) is 5.91 Å². The minimum atomic E-state index is -0.890. The monoisotopic (exact) mass is 279 g/mol. The fraction of sp³-hybridized carbons (Fsp3) is 0.0625. The average Bonchev–Trinajstić information content (AvgIpc) is 2.53. The molecule has 1 aliphatic heterocycles. The molecule has 0 radical (unpaired) electrons. The van der Waals surface area contributed by atoms with Crippen LogP contribution in [-0.4, -0.2) is 23.0 Å². The first-order chi connectivity index (χ1) is 10.2. The summed E-state index contributed by atoms with van der Waals surface area (Å²) >= 11 is 0. The molecule has 21 heavy (non-hydrogen) atoms. The molecule has 5 nitrogen and oxygen atoms in total. The number of amides is 2. The minimum absolute atomic E-state index is 0.356. The van der Waals surface area contributed by atoms with E-state index in [1.165, 1.54) is 0 Å². The van der Waals surface area contributed by atoms with Crippen LogP contribution in [-0.2, 0) is 4.79 Å². The van der Waals surface area contributed by atoms with Crippen LogP contribution < -0.4 is 5.73 Å². The molecule has 5 heteroatoms. The maximum Gasteiger partial charge on any atom is 0.275 e. The van der Waals surface area contributed by atoms with Gasteiger partial charge in [0, 0.05) is 11.1 Å². The normalized spacial score (nSPS) is 16.4. The Bertz CT molecular complexity index is 725. The highest BCUT2D eigenvalue weighted by atomic mass is 16.2. The summed E-state index contributed by atoms with van der Waals surface area (Å²) < 4.78 is 0. The van der Waals surface area contributed by atoms with E-state index in [0.29, 0.717) is 11.1 Å². The Hall–Kier alpha value is -2.95. The number of hydrogen-bond acceptors (Lipinski definition) is 3. The Labute approximate surface area is 121 Å². The molecule has 0 saturated carbocycles. The van der Waals surface area contributed by atoms with Crippen molar-refractivity contribution >= 4 is 18.0 Å². The second-order valence-electron chi connectivity index (χ2n) is 4.69. The molecule has 0 aromatic heterocycles. The molecule has 104 valence electrons. The molecule has 0 spiro atoms. The maximum absolute atomic E-state index is 12.5. The van der Waals surface area contributed by atoms with Gasteiger partial charge in [0.15, 0.2) is 6.04 Å². The summed E-state index contributed by atoms with van der Waals surface area (Å²) in [5.41, 5.74) is 7.41. The molecular formula is C16H13N3O2. The molecule has 1 aliphatic rings. The van der Waals surface area contributed by atoms with Gasteiger partial charge in [0.25, 0.3) is 5.91 Å². The molecule has 1 atom stereocenters. The summed E-state index contributed by atoms with van der Waals surface area (Å²) in [5.74, 6) is -0.964. The van der Waals surface area contributed by atoms with E-state index in [2.05, 4.69) is 5.10 Å². The summed E-state index contributed by atoms with van der Waals surface area (Å²) in [4.78, 5) is 24.3. The lowest BCUT2D eigenvalue weighted by Crippen LogP contribution is -2.40. The number of rotatable bonds is 2. The number of primary amides is 1. The molecule has 3 rings (SSSR count). The van der Waals surface area contributed by atoms with Crippen LogP contribution in [0.3, 0.4) is 0 Å². The van der Waals surface area contributed by atoms with Crippen molar-refractivity contribution in [3.05, 3.63) is 71.3 Å². The quantitative estimate of drug-likeness (QED) is 0.908. The Morgan fingerprint density at radius 2 is 1.67 bits per heavy atom. The molecular weight excluding hydrogens is 266 g/mol. The standard InChI is InChI=1S/C16H13N3O2/c17-15(20)14-13-9-5-4-8-12(13)10-18-19(14)16(21)11-6-2-1-3-7-11/h1-10,14H,(H2,17,20). The number of nitrogens with two attached hydrogens (primary N) is 1. The van der Waals surface area contributed by atoms with Crippen LogP contribution in [0.1, 0.15) is 27.5 Å². The van der Waals surface area contributed by atoms with E-state index in [4.69, 9.17) is 5.73 Å². The van der Waals surface area contributed by atoms with Crippen molar-refractivity contribution in [2.24, 2.45) is 10.8 Å². The molecule has 2 N–H and O–H groups in total. The van der Waals surface area contributed by atoms with Crippen LogP contribution >= 0.6 is 0 Å². The van der Waals surface area contributed by atoms with E-state index < -0.39 is 11.9 Å². The molecule has 2 amide bonds. The fourth-order valence-electron chi connectivity index (χ4n) is 2.36. The Kier molecular flexibility index (Phi) is 3.23. The Morgan fingerprint density at radius 3 is 2.38 bits per heavy atom. The summed E-state index contributed by atoms with van der Waals surface area (Å²) in [5, 5.41) is 5.25. The molecule has 1 heterocycles. The van der Waals surface area contributed by atoms with Gasteiger partial charge in [0.1, 0.15) is 0 Å². The first-order valence-corrected chi connectivity index (χ1v) is 6.49. The van der Waals surface area contributed by atoms with E-state index >= 15 is 0 Å². The van der Waals surface area contributed by atoms with Gasteiger partial charge < -0.3 is 5.73 Å². The molecule has 1 unspecified atom stereocenters. The number of benzene rings is 2. The van der Waals surface area contributed by atoms with E-state index in [9.17, 15) is 9.59 Å². The van der Waals surface area contributed by atoms with Crippen molar-refractivity contribution in [2.75, 3.05) is 0 Å². The van der Waals surface area contributed by atoms with Crippen molar-refractivity contribution in [1.29, 1.82) is 0 Å². The van der Waals surface area contributed by atoms with Crippen LogP contribution in [0, 0.1) is 0 Å². The van der Waals surface area contributed by atoms with Crippen molar-refractivity contribution in [3.8, 4) is 0 Å². The van der Waals surface area contributed by atoms with Gasteiger partial charge in [-0.3, -0.25) is 9.59 Å². The third-order valence-corrected chi connectivity index (χ3v) is 3.35. The lowest BCUT2D eigenvalue weighted by Gasteiger charge is -2.29. The highest BCUT2D eigenvalue weighted by Crippen LogP contribution is 2.28. The van der Waals surface area contributed by atoms with Crippen LogP contribution in [0.2, 0.25) is 0 Å². The highest BCUT2D eigenvalue weighted by molar-refractivity contribution is 6.00. The molecule has 0 saturated heterocycles. The van der Waals surface area contributed by atoms with E-state index in [0.717, 1.165) is 10.6 Å². The fourth-order valence-corrected chi connectivity index (χ4v) is 2.36.